The highest BCUT2D eigenvalue weighted by Crippen LogP contribution is 2.28. The van der Waals surface area contributed by atoms with Gasteiger partial charge in [-0.25, -0.2) is 0 Å². The third-order valence-electron chi connectivity index (χ3n) is 4.40. The number of carbonyl (C=O) groups is 1. The molecule has 1 aliphatic carbocycles. The maximum Gasteiger partial charge on any atom is 0.236 e. The van der Waals surface area contributed by atoms with E-state index >= 15 is 0 Å². The zero-order valence-corrected chi connectivity index (χ0v) is 14.6. The van der Waals surface area contributed by atoms with Crippen LogP contribution < -0.4 is 5.73 Å². The number of amides is 1. The molecule has 2 unspecified atom stereocenters. The molecule has 0 heterocycles. The molecule has 4 heteroatoms. The summed E-state index contributed by atoms with van der Waals surface area (Å²) in [5.74, 6) is 1.86. The van der Waals surface area contributed by atoms with Crippen molar-refractivity contribution >= 4 is 5.91 Å². The van der Waals surface area contributed by atoms with Crippen molar-refractivity contribution in [3.05, 3.63) is 0 Å². The molecule has 1 aliphatic rings. The summed E-state index contributed by atoms with van der Waals surface area (Å²) < 4.78 is 0. The van der Waals surface area contributed by atoms with Gasteiger partial charge in [0, 0.05) is 19.1 Å². The molecule has 0 bridgehead atoms. The van der Waals surface area contributed by atoms with Gasteiger partial charge in [0.25, 0.3) is 0 Å². The molecule has 0 radical (unpaired) electrons. The Morgan fingerprint density at radius 2 is 1.71 bits per heavy atom. The fraction of sp³-hybridized carbons (Fsp3) is 0.941. The van der Waals surface area contributed by atoms with E-state index in [2.05, 4.69) is 39.6 Å². The summed E-state index contributed by atoms with van der Waals surface area (Å²) in [6, 6.07) is 0.485. The van der Waals surface area contributed by atoms with Crippen LogP contribution in [0.1, 0.15) is 47.0 Å². The van der Waals surface area contributed by atoms with Crippen molar-refractivity contribution in [2.75, 3.05) is 33.2 Å². The first kappa shape index (κ1) is 18.4. The Morgan fingerprint density at radius 3 is 2.19 bits per heavy atom. The van der Waals surface area contributed by atoms with Gasteiger partial charge in [0.1, 0.15) is 0 Å². The lowest BCUT2D eigenvalue weighted by Crippen LogP contribution is -2.46. The maximum absolute atomic E-state index is 12.6. The smallest absolute Gasteiger partial charge is 0.236 e. The van der Waals surface area contributed by atoms with Crippen molar-refractivity contribution < 1.29 is 4.79 Å². The monoisotopic (exact) mass is 297 g/mol. The first-order valence-corrected chi connectivity index (χ1v) is 8.53. The van der Waals surface area contributed by atoms with Gasteiger partial charge in [-0.3, -0.25) is 9.69 Å². The Morgan fingerprint density at radius 1 is 1.14 bits per heavy atom. The summed E-state index contributed by atoms with van der Waals surface area (Å²) >= 11 is 0. The number of hydrogen-bond donors (Lipinski definition) is 1. The summed E-state index contributed by atoms with van der Waals surface area (Å²) in [6.45, 7) is 11.7. The molecule has 2 N–H and O–H groups in total. The van der Waals surface area contributed by atoms with Crippen LogP contribution in [-0.4, -0.2) is 55.0 Å². The Bertz CT molecular complexity index is 307. The second-order valence-electron chi connectivity index (χ2n) is 7.50. The van der Waals surface area contributed by atoms with Gasteiger partial charge in [0.2, 0.25) is 5.91 Å². The van der Waals surface area contributed by atoms with Gasteiger partial charge in [-0.1, -0.05) is 34.1 Å². The van der Waals surface area contributed by atoms with E-state index in [9.17, 15) is 4.79 Å². The summed E-state index contributed by atoms with van der Waals surface area (Å²) in [5.41, 5.74) is 5.86. The fourth-order valence-corrected chi connectivity index (χ4v) is 3.46. The van der Waals surface area contributed by atoms with Gasteiger partial charge in [0.05, 0.1) is 6.54 Å². The Kier molecular flexibility index (Phi) is 7.67. The first-order chi connectivity index (χ1) is 9.85. The Labute approximate surface area is 131 Å². The Hall–Kier alpha value is -0.610. The molecular weight excluding hydrogens is 262 g/mol. The standard InChI is InChI=1S/C17H35N3O/c1-13(2)10-20(11-14(3)4)17(21)12-19(5)16-8-6-7-15(16)9-18/h13-16H,6-12,18H2,1-5H3. The zero-order valence-electron chi connectivity index (χ0n) is 14.6. The van der Waals surface area contributed by atoms with E-state index in [-0.39, 0.29) is 5.91 Å². The molecule has 1 amide bonds. The average Bonchev–Trinajstić information content (AvgIpc) is 2.84. The molecule has 0 saturated heterocycles. The third kappa shape index (κ3) is 5.95. The predicted molar refractivity (Wildman–Crippen MR) is 89.1 cm³/mol. The van der Waals surface area contributed by atoms with Gasteiger partial charge < -0.3 is 10.6 Å². The first-order valence-electron chi connectivity index (χ1n) is 8.53. The second-order valence-corrected chi connectivity index (χ2v) is 7.50. The zero-order chi connectivity index (χ0) is 16.0. The third-order valence-corrected chi connectivity index (χ3v) is 4.40. The molecule has 0 aromatic rings. The highest BCUT2D eigenvalue weighted by atomic mass is 16.2. The number of likely N-dealkylation sites (N-methyl/N-ethyl adjacent to an activating group) is 1. The summed E-state index contributed by atoms with van der Waals surface area (Å²) in [6.07, 6.45) is 3.63. The van der Waals surface area contributed by atoms with E-state index in [0.717, 1.165) is 19.6 Å². The van der Waals surface area contributed by atoms with Crippen LogP contribution in [0.4, 0.5) is 0 Å². The quantitative estimate of drug-likeness (QED) is 0.747. The van der Waals surface area contributed by atoms with Crippen molar-refractivity contribution in [1.29, 1.82) is 0 Å². The van der Waals surface area contributed by atoms with Crippen LogP contribution in [0, 0.1) is 17.8 Å². The van der Waals surface area contributed by atoms with Crippen molar-refractivity contribution in [3.63, 3.8) is 0 Å². The fourth-order valence-electron chi connectivity index (χ4n) is 3.46. The molecule has 1 rings (SSSR count). The molecule has 0 aromatic heterocycles. The van der Waals surface area contributed by atoms with Crippen LogP contribution in [0.5, 0.6) is 0 Å². The molecule has 1 saturated carbocycles. The minimum atomic E-state index is 0.266. The molecule has 0 spiro atoms. The molecule has 0 aliphatic heterocycles. The minimum Gasteiger partial charge on any atom is -0.341 e. The normalized spacial score (nSPS) is 22.5. The number of nitrogens with two attached hydrogens (primary N) is 1. The number of hydrogen-bond acceptors (Lipinski definition) is 3. The predicted octanol–water partition coefficient (Wildman–Crippen LogP) is 2.19. The lowest BCUT2D eigenvalue weighted by Gasteiger charge is -2.32. The highest BCUT2D eigenvalue weighted by molar-refractivity contribution is 5.78. The SMILES string of the molecule is CC(C)CN(CC(C)C)C(=O)CN(C)C1CCCC1CN. The number of nitrogens with zero attached hydrogens (tertiary/aromatic N) is 2. The molecule has 21 heavy (non-hydrogen) atoms. The summed E-state index contributed by atoms with van der Waals surface area (Å²) in [4.78, 5) is 16.9. The topological polar surface area (TPSA) is 49.6 Å². The second kappa shape index (κ2) is 8.74. The van der Waals surface area contributed by atoms with Crippen LogP contribution in [0.15, 0.2) is 0 Å². The molecule has 1 fully saturated rings. The molecular formula is C17H35N3O. The van der Waals surface area contributed by atoms with Gasteiger partial charge in [0.15, 0.2) is 0 Å². The number of rotatable bonds is 8. The van der Waals surface area contributed by atoms with Crippen molar-refractivity contribution in [1.82, 2.24) is 9.80 Å². The van der Waals surface area contributed by atoms with E-state index in [1.54, 1.807) is 0 Å². The van der Waals surface area contributed by atoms with Crippen molar-refractivity contribution in [2.24, 2.45) is 23.5 Å². The van der Waals surface area contributed by atoms with Gasteiger partial charge >= 0.3 is 0 Å². The van der Waals surface area contributed by atoms with Gasteiger partial charge in [-0.15, -0.1) is 0 Å². The largest absolute Gasteiger partial charge is 0.341 e. The van der Waals surface area contributed by atoms with Crippen LogP contribution in [0.25, 0.3) is 0 Å². The molecule has 4 nitrogen and oxygen atoms in total. The van der Waals surface area contributed by atoms with Gasteiger partial charge in [-0.05, 0) is 44.2 Å². The van der Waals surface area contributed by atoms with Crippen molar-refractivity contribution in [3.8, 4) is 0 Å². The van der Waals surface area contributed by atoms with Gasteiger partial charge in [-0.2, -0.15) is 0 Å². The van der Waals surface area contributed by atoms with E-state index in [0.29, 0.717) is 30.3 Å². The van der Waals surface area contributed by atoms with Crippen LogP contribution in [-0.2, 0) is 4.79 Å². The maximum atomic E-state index is 12.6. The average molecular weight is 297 g/mol. The van der Waals surface area contributed by atoms with E-state index < -0.39 is 0 Å². The van der Waals surface area contributed by atoms with E-state index in [1.807, 2.05) is 4.90 Å². The molecule has 0 aromatic carbocycles. The van der Waals surface area contributed by atoms with Crippen LogP contribution >= 0.6 is 0 Å². The lowest BCUT2D eigenvalue weighted by molar-refractivity contribution is -0.133. The Balaban J connectivity index is 2.58. The van der Waals surface area contributed by atoms with E-state index in [1.165, 1.54) is 19.3 Å². The highest BCUT2D eigenvalue weighted by Gasteiger charge is 2.31. The lowest BCUT2D eigenvalue weighted by atomic mass is 10.0. The van der Waals surface area contributed by atoms with Crippen molar-refractivity contribution in [2.45, 2.75) is 53.0 Å². The molecule has 124 valence electrons. The van der Waals surface area contributed by atoms with E-state index in [4.69, 9.17) is 5.73 Å². The van der Waals surface area contributed by atoms with Crippen LogP contribution in [0.3, 0.4) is 0 Å². The summed E-state index contributed by atoms with van der Waals surface area (Å²) in [7, 11) is 2.08. The van der Waals surface area contributed by atoms with Crippen LogP contribution in [0.2, 0.25) is 0 Å². The molecule has 2 atom stereocenters. The number of carbonyl (C=O) groups excluding carboxylic acids is 1. The minimum absolute atomic E-state index is 0.266. The summed E-state index contributed by atoms with van der Waals surface area (Å²) in [5, 5.41) is 0.